The maximum absolute atomic E-state index is 11.8. The predicted molar refractivity (Wildman–Crippen MR) is 70.1 cm³/mol. The number of rotatable bonds is 2. The van der Waals surface area contributed by atoms with Crippen LogP contribution in [0.2, 0.25) is 0 Å². The van der Waals surface area contributed by atoms with Crippen LogP contribution in [0.25, 0.3) is 0 Å². The second-order valence-corrected chi connectivity index (χ2v) is 5.18. The number of aromatic amines is 2. The smallest absolute Gasteiger partial charge is 0.277 e. The number of hydrogen-bond donors (Lipinski definition) is 3. The summed E-state index contributed by atoms with van der Waals surface area (Å²) in [6.07, 6.45) is 0. The molecular formula is C12H15N5O2. The van der Waals surface area contributed by atoms with E-state index >= 15 is 0 Å². The van der Waals surface area contributed by atoms with Gasteiger partial charge in [0.25, 0.3) is 11.5 Å². The first-order valence-corrected chi connectivity index (χ1v) is 5.79. The molecule has 0 radical (unpaired) electrons. The highest BCUT2D eigenvalue weighted by Gasteiger charge is 2.17. The highest BCUT2D eigenvalue weighted by molar-refractivity contribution is 6.02. The molecule has 0 atom stereocenters. The van der Waals surface area contributed by atoms with Crippen molar-refractivity contribution < 1.29 is 4.79 Å². The fourth-order valence-corrected chi connectivity index (χ4v) is 1.42. The minimum absolute atomic E-state index is 0.0772. The molecule has 0 unspecified atom stereocenters. The Labute approximate surface area is 109 Å². The summed E-state index contributed by atoms with van der Waals surface area (Å²) < 4.78 is 0. The second kappa shape index (κ2) is 4.68. The zero-order chi connectivity index (χ0) is 14.0. The number of carbonyl (C=O) groups is 1. The van der Waals surface area contributed by atoms with Crippen molar-refractivity contribution >= 4 is 11.7 Å². The molecule has 19 heavy (non-hydrogen) atoms. The van der Waals surface area contributed by atoms with Crippen LogP contribution in [0.15, 0.2) is 23.0 Å². The average molecular weight is 261 g/mol. The molecule has 0 spiro atoms. The summed E-state index contributed by atoms with van der Waals surface area (Å²) in [6.45, 7) is 6.11. The van der Waals surface area contributed by atoms with E-state index in [-0.39, 0.29) is 16.7 Å². The molecule has 0 saturated carbocycles. The SMILES string of the molecule is CC(C)(C)c1cc(NC(=O)c2ccc(=O)[nH]n2)n[nH]1. The minimum atomic E-state index is -0.428. The van der Waals surface area contributed by atoms with E-state index < -0.39 is 5.91 Å². The molecule has 7 heteroatoms. The van der Waals surface area contributed by atoms with Crippen LogP contribution in [0.5, 0.6) is 0 Å². The van der Waals surface area contributed by atoms with Crippen LogP contribution in [-0.2, 0) is 5.41 Å². The average Bonchev–Trinajstić information content (AvgIpc) is 2.78. The van der Waals surface area contributed by atoms with E-state index in [0.717, 1.165) is 5.69 Å². The van der Waals surface area contributed by atoms with Gasteiger partial charge in [-0.2, -0.15) is 10.2 Å². The number of carbonyl (C=O) groups excluding carboxylic acids is 1. The van der Waals surface area contributed by atoms with Crippen LogP contribution in [0, 0.1) is 0 Å². The van der Waals surface area contributed by atoms with Crippen molar-refractivity contribution in [3.63, 3.8) is 0 Å². The fraction of sp³-hybridized carbons (Fsp3) is 0.333. The van der Waals surface area contributed by atoms with Crippen molar-refractivity contribution in [1.29, 1.82) is 0 Å². The van der Waals surface area contributed by atoms with Gasteiger partial charge in [0, 0.05) is 23.2 Å². The maximum atomic E-state index is 11.8. The normalized spacial score (nSPS) is 11.3. The van der Waals surface area contributed by atoms with E-state index in [0.29, 0.717) is 5.82 Å². The maximum Gasteiger partial charge on any atom is 0.277 e. The number of H-pyrrole nitrogens is 2. The van der Waals surface area contributed by atoms with Gasteiger partial charge in [-0.1, -0.05) is 20.8 Å². The lowest BCUT2D eigenvalue weighted by Gasteiger charge is -2.14. The number of nitrogens with one attached hydrogen (secondary N) is 3. The van der Waals surface area contributed by atoms with Crippen molar-refractivity contribution in [3.8, 4) is 0 Å². The summed E-state index contributed by atoms with van der Waals surface area (Å²) in [7, 11) is 0. The summed E-state index contributed by atoms with van der Waals surface area (Å²) >= 11 is 0. The molecule has 0 aliphatic heterocycles. The van der Waals surface area contributed by atoms with Crippen LogP contribution in [-0.4, -0.2) is 26.3 Å². The van der Waals surface area contributed by atoms with Crippen LogP contribution in [0.4, 0.5) is 5.82 Å². The van der Waals surface area contributed by atoms with Gasteiger partial charge in [-0.05, 0) is 6.07 Å². The number of amides is 1. The van der Waals surface area contributed by atoms with Crippen molar-refractivity contribution in [3.05, 3.63) is 39.9 Å². The summed E-state index contributed by atoms with van der Waals surface area (Å²) in [5.74, 6) is -0.00821. The van der Waals surface area contributed by atoms with Gasteiger partial charge in [0.1, 0.15) is 5.69 Å². The van der Waals surface area contributed by atoms with Gasteiger partial charge >= 0.3 is 0 Å². The molecule has 7 nitrogen and oxygen atoms in total. The van der Waals surface area contributed by atoms with Crippen molar-refractivity contribution in [2.45, 2.75) is 26.2 Å². The van der Waals surface area contributed by atoms with Gasteiger partial charge in [0.05, 0.1) is 0 Å². The summed E-state index contributed by atoms with van der Waals surface area (Å²) in [4.78, 5) is 22.7. The summed E-state index contributed by atoms with van der Waals surface area (Å²) in [5.41, 5.74) is 0.607. The van der Waals surface area contributed by atoms with Gasteiger partial charge in [0.2, 0.25) is 0 Å². The Kier molecular flexibility index (Phi) is 3.20. The molecule has 3 N–H and O–H groups in total. The highest BCUT2D eigenvalue weighted by Crippen LogP contribution is 2.21. The second-order valence-electron chi connectivity index (χ2n) is 5.18. The molecular weight excluding hydrogens is 246 g/mol. The first-order chi connectivity index (χ1) is 8.86. The van der Waals surface area contributed by atoms with Gasteiger partial charge in [-0.25, -0.2) is 5.10 Å². The number of aromatic nitrogens is 4. The van der Waals surface area contributed by atoms with Crippen LogP contribution >= 0.6 is 0 Å². The van der Waals surface area contributed by atoms with Crippen LogP contribution < -0.4 is 10.9 Å². The van der Waals surface area contributed by atoms with Crippen LogP contribution in [0.1, 0.15) is 37.0 Å². The quantitative estimate of drug-likeness (QED) is 0.751. The van der Waals surface area contributed by atoms with Crippen molar-refractivity contribution in [2.75, 3.05) is 5.32 Å². The Morgan fingerprint density at radius 3 is 2.47 bits per heavy atom. The third-order valence-corrected chi connectivity index (χ3v) is 2.54. The van der Waals surface area contributed by atoms with E-state index in [1.54, 1.807) is 6.07 Å². The third kappa shape index (κ3) is 3.06. The lowest BCUT2D eigenvalue weighted by atomic mass is 9.92. The molecule has 100 valence electrons. The van der Waals surface area contributed by atoms with Gasteiger partial charge in [-0.15, -0.1) is 0 Å². The molecule has 1 amide bonds. The van der Waals surface area contributed by atoms with E-state index in [9.17, 15) is 9.59 Å². The third-order valence-electron chi connectivity index (χ3n) is 2.54. The highest BCUT2D eigenvalue weighted by atomic mass is 16.2. The molecule has 0 fully saturated rings. The van der Waals surface area contributed by atoms with E-state index in [1.165, 1.54) is 12.1 Å². The van der Waals surface area contributed by atoms with Crippen molar-refractivity contribution in [2.24, 2.45) is 0 Å². The Morgan fingerprint density at radius 2 is 1.95 bits per heavy atom. The molecule has 2 aromatic heterocycles. The van der Waals surface area contributed by atoms with Gasteiger partial charge in [0.15, 0.2) is 5.82 Å². The van der Waals surface area contributed by atoms with Gasteiger partial charge < -0.3 is 5.32 Å². The lowest BCUT2D eigenvalue weighted by Crippen LogP contribution is -2.17. The molecule has 0 saturated heterocycles. The van der Waals surface area contributed by atoms with E-state index in [2.05, 4.69) is 25.7 Å². The van der Waals surface area contributed by atoms with Crippen molar-refractivity contribution in [1.82, 2.24) is 20.4 Å². The zero-order valence-electron chi connectivity index (χ0n) is 10.9. The fourth-order valence-electron chi connectivity index (χ4n) is 1.42. The predicted octanol–water partition coefficient (Wildman–Crippen LogP) is 1.04. The van der Waals surface area contributed by atoms with E-state index in [1.807, 2.05) is 20.8 Å². The topological polar surface area (TPSA) is 104 Å². The molecule has 0 aliphatic carbocycles. The lowest BCUT2D eigenvalue weighted by molar-refractivity contribution is 0.102. The molecule has 0 aromatic carbocycles. The molecule has 0 bridgehead atoms. The Balaban J connectivity index is 2.13. The summed E-state index contributed by atoms with van der Waals surface area (Å²) in [5, 5.41) is 15.3. The molecule has 0 aliphatic rings. The zero-order valence-corrected chi connectivity index (χ0v) is 10.9. The molecule has 2 aromatic rings. The Bertz CT molecular complexity index is 630. The standard InChI is InChI=1S/C12H15N5O2/c1-12(2,3)8-6-9(16-15-8)13-11(19)7-4-5-10(18)17-14-7/h4-6H,1-3H3,(H,17,18)(H2,13,15,16,19). The van der Waals surface area contributed by atoms with E-state index in [4.69, 9.17) is 0 Å². The number of nitrogens with zero attached hydrogens (tertiary/aromatic N) is 2. The molecule has 2 rings (SSSR count). The first kappa shape index (κ1) is 13.0. The number of anilines is 1. The minimum Gasteiger partial charge on any atom is -0.304 e. The number of hydrogen-bond acceptors (Lipinski definition) is 4. The monoisotopic (exact) mass is 261 g/mol. The largest absolute Gasteiger partial charge is 0.304 e. The Hall–Kier alpha value is -2.44. The van der Waals surface area contributed by atoms with Crippen LogP contribution in [0.3, 0.4) is 0 Å². The summed E-state index contributed by atoms with van der Waals surface area (Å²) in [6, 6.07) is 4.36. The first-order valence-electron chi connectivity index (χ1n) is 5.79. The molecule has 2 heterocycles. The van der Waals surface area contributed by atoms with Gasteiger partial charge in [-0.3, -0.25) is 14.7 Å². The Morgan fingerprint density at radius 1 is 1.21 bits per heavy atom.